The highest BCUT2D eigenvalue weighted by atomic mass is 32.2. The molecule has 120 valence electrons. The summed E-state index contributed by atoms with van der Waals surface area (Å²) in [4.78, 5) is 6.03. The number of rotatable bonds is 6. The summed E-state index contributed by atoms with van der Waals surface area (Å²) >= 11 is 1.38. The molecule has 1 aromatic heterocycles. The fourth-order valence-electron chi connectivity index (χ4n) is 1.68. The molecule has 0 spiro atoms. The molecule has 22 heavy (non-hydrogen) atoms. The summed E-state index contributed by atoms with van der Waals surface area (Å²) in [6, 6.07) is 3.24. The van der Waals surface area contributed by atoms with E-state index in [4.69, 9.17) is 0 Å². The van der Waals surface area contributed by atoms with Crippen LogP contribution < -0.4 is 9.62 Å². The van der Waals surface area contributed by atoms with Gasteiger partial charge in [-0.15, -0.1) is 11.3 Å². The molecule has 0 amide bonds. The van der Waals surface area contributed by atoms with E-state index in [1.165, 1.54) is 17.4 Å². The average Bonchev–Trinajstić information content (AvgIpc) is 2.90. The van der Waals surface area contributed by atoms with E-state index in [0.29, 0.717) is 5.69 Å². The molecule has 0 aliphatic rings. The highest BCUT2D eigenvalue weighted by Gasteiger charge is 2.18. The second-order valence-electron chi connectivity index (χ2n) is 4.80. The van der Waals surface area contributed by atoms with E-state index in [1.54, 1.807) is 10.3 Å². The summed E-state index contributed by atoms with van der Waals surface area (Å²) in [5, 5.41) is 2.47. The van der Waals surface area contributed by atoms with E-state index in [9.17, 15) is 17.2 Å². The van der Waals surface area contributed by atoms with Crippen molar-refractivity contribution in [3.63, 3.8) is 0 Å². The summed E-state index contributed by atoms with van der Waals surface area (Å²) in [5.74, 6) is -2.52. The standard InChI is InChI=1S/C13H15F2N3O2S2/c1-18(2)13-17-9(7-21-13)6-16-22(19,20)8-10-11(14)4-3-5-12(10)15/h3-5,7,16H,6,8H2,1-2H3. The van der Waals surface area contributed by atoms with Crippen LogP contribution in [0.4, 0.5) is 13.9 Å². The monoisotopic (exact) mass is 347 g/mol. The largest absolute Gasteiger partial charge is 0.354 e. The molecule has 0 unspecified atom stereocenters. The van der Waals surface area contributed by atoms with Gasteiger partial charge in [-0.05, 0) is 12.1 Å². The Balaban J connectivity index is 2.05. The average molecular weight is 347 g/mol. The molecule has 1 aromatic carbocycles. The lowest BCUT2D eigenvalue weighted by Gasteiger charge is -2.08. The Labute approximate surface area is 131 Å². The van der Waals surface area contributed by atoms with E-state index in [2.05, 4.69) is 9.71 Å². The van der Waals surface area contributed by atoms with E-state index >= 15 is 0 Å². The zero-order valence-corrected chi connectivity index (χ0v) is 13.6. The van der Waals surface area contributed by atoms with Crippen LogP contribution in [0.2, 0.25) is 0 Å². The third kappa shape index (κ3) is 4.21. The molecule has 2 rings (SSSR count). The number of thiazole rings is 1. The number of benzene rings is 1. The van der Waals surface area contributed by atoms with E-state index in [0.717, 1.165) is 17.3 Å². The molecule has 0 radical (unpaired) electrons. The van der Waals surface area contributed by atoms with Gasteiger partial charge in [0.1, 0.15) is 11.6 Å². The van der Waals surface area contributed by atoms with Crippen molar-refractivity contribution in [3.8, 4) is 0 Å². The normalized spacial score (nSPS) is 11.6. The summed E-state index contributed by atoms with van der Waals surface area (Å²) in [7, 11) is -0.214. The maximum atomic E-state index is 13.5. The van der Waals surface area contributed by atoms with Gasteiger partial charge in [0.25, 0.3) is 0 Å². The van der Waals surface area contributed by atoms with Crippen LogP contribution >= 0.6 is 11.3 Å². The van der Waals surface area contributed by atoms with Crippen LogP contribution in [0.1, 0.15) is 11.3 Å². The highest BCUT2D eigenvalue weighted by Crippen LogP contribution is 2.18. The van der Waals surface area contributed by atoms with Crippen molar-refractivity contribution >= 4 is 26.5 Å². The Morgan fingerprint density at radius 3 is 2.45 bits per heavy atom. The second kappa shape index (κ2) is 6.67. The first-order valence-corrected chi connectivity index (χ1v) is 8.83. The van der Waals surface area contributed by atoms with Gasteiger partial charge in [0.05, 0.1) is 18.0 Å². The van der Waals surface area contributed by atoms with Gasteiger partial charge < -0.3 is 4.90 Å². The third-order valence-corrected chi connectivity index (χ3v) is 5.10. The molecule has 0 fully saturated rings. The summed E-state index contributed by atoms with van der Waals surface area (Å²) < 4.78 is 53.1. The van der Waals surface area contributed by atoms with Crippen molar-refractivity contribution < 1.29 is 17.2 Å². The minimum Gasteiger partial charge on any atom is -0.354 e. The molecule has 0 atom stereocenters. The summed E-state index contributed by atoms with van der Waals surface area (Å²) in [6.07, 6.45) is 0. The smallest absolute Gasteiger partial charge is 0.216 e. The van der Waals surface area contributed by atoms with Crippen LogP contribution in [0, 0.1) is 11.6 Å². The fourth-order valence-corrected chi connectivity index (χ4v) is 3.56. The van der Waals surface area contributed by atoms with Crippen LogP contribution in [0.25, 0.3) is 0 Å². The molecular weight excluding hydrogens is 332 g/mol. The summed E-state index contributed by atoms with van der Waals surface area (Å²) in [5.41, 5.74) is 0.0774. The number of halogens is 2. The summed E-state index contributed by atoms with van der Waals surface area (Å²) in [6.45, 7) is -0.0251. The minimum atomic E-state index is -3.87. The third-order valence-electron chi connectivity index (χ3n) is 2.79. The van der Waals surface area contributed by atoms with Gasteiger partial charge in [0.2, 0.25) is 10.0 Å². The Bertz CT molecular complexity index is 740. The van der Waals surface area contributed by atoms with E-state index in [-0.39, 0.29) is 6.54 Å². The number of anilines is 1. The van der Waals surface area contributed by atoms with Crippen molar-refractivity contribution in [2.24, 2.45) is 0 Å². The van der Waals surface area contributed by atoms with E-state index < -0.39 is 33.0 Å². The predicted octanol–water partition coefficient (Wildman–Crippen LogP) is 2.11. The lowest BCUT2D eigenvalue weighted by Crippen LogP contribution is -2.25. The van der Waals surface area contributed by atoms with Gasteiger partial charge in [-0.3, -0.25) is 0 Å². The van der Waals surface area contributed by atoms with Gasteiger partial charge in [0.15, 0.2) is 5.13 Å². The van der Waals surface area contributed by atoms with Gasteiger partial charge >= 0.3 is 0 Å². The number of aromatic nitrogens is 1. The molecule has 0 aliphatic heterocycles. The first kappa shape index (κ1) is 16.8. The quantitative estimate of drug-likeness (QED) is 0.869. The molecule has 0 saturated heterocycles. The molecule has 0 bridgehead atoms. The Hall–Kier alpha value is -1.58. The first-order chi connectivity index (χ1) is 10.3. The topological polar surface area (TPSA) is 62.3 Å². The lowest BCUT2D eigenvalue weighted by molar-refractivity contribution is 0.550. The minimum absolute atomic E-state index is 0.0251. The van der Waals surface area contributed by atoms with Crippen molar-refractivity contribution in [2.45, 2.75) is 12.3 Å². The molecular formula is C13H15F2N3O2S2. The van der Waals surface area contributed by atoms with Crippen molar-refractivity contribution in [1.82, 2.24) is 9.71 Å². The van der Waals surface area contributed by atoms with Crippen LogP contribution in [-0.2, 0) is 22.3 Å². The molecule has 5 nitrogen and oxygen atoms in total. The lowest BCUT2D eigenvalue weighted by atomic mass is 10.2. The van der Waals surface area contributed by atoms with Gasteiger partial charge in [-0.2, -0.15) is 0 Å². The zero-order valence-electron chi connectivity index (χ0n) is 12.0. The fraction of sp³-hybridized carbons (Fsp3) is 0.308. The Kier molecular flexibility index (Phi) is 5.09. The van der Waals surface area contributed by atoms with Crippen molar-refractivity contribution in [3.05, 3.63) is 46.5 Å². The number of nitrogens with zero attached hydrogens (tertiary/aromatic N) is 2. The van der Waals surface area contributed by atoms with E-state index in [1.807, 2.05) is 14.1 Å². The molecule has 9 heteroatoms. The number of hydrogen-bond acceptors (Lipinski definition) is 5. The van der Waals surface area contributed by atoms with Crippen LogP contribution in [-0.4, -0.2) is 27.5 Å². The molecule has 0 saturated carbocycles. The van der Waals surface area contributed by atoms with Crippen molar-refractivity contribution in [2.75, 3.05) is 19.0 Å². The number of nitrogens with one attached hydrogen (secondary N) is 1. The number of sulfonamides is 1. The van der Waals surface area contributed by atoms with Crippen LogP contribution in [0.5, 0.6) is 0 Å². The number of hydrogen-bond donors (Lipinski definition) is 1. The first-order valence-electron chi connectivity index (χ1n) is 6.30. The SMILES string of the molecule is CN(C)c1nc(CNS(=O)(=O)Cc2c(F)cccc2F)cs1. The van der Waals surface area contributed by atoms with Gasteiger partial charge in [-0.25, -0.2) is 26.9 Å². The highest BCUT2D eigenvalue weighted by molar-refractivity contribution is 7.88. The predicted molar refractivity (Wildman–Crippen MR) is 82.3 cm³/mol. The maximum absolute atomic E-state index is 13.5. The zero-order chi connectivity index (χ0) is 16.3. The molecule has 1 N–H and O–H groups in total. The Morgan fingerprint density at radius 2 is 1.91 bits per heavy atom. The second-order valence-corrected chi connectivity index (χ2v) is 7.44. The van der Waals surface area contributed by atoms with Crippen molar-refractivity contribution in [1.29, 1.82) is 0 Å². The maximum Gasteiger partial charge on any atom is 0.216 e. The Morgan fingerprint density at radius 1 is 1.27 bits per heavy atom. The van der Waals surface area contributed by atoms with Crippen LogP contribution in [0.15, 0.2) is 23.6 Å². The van der Waals surface area contributed by atoms with Crippen LogP contribution in [0.3, 0.4) is 0 Å². The molecule has 1 heterocycles. The van der Waals surface area contributed by atoms with Gasteiger partial charge in [-0.1, -0.05) is 6.07 Å². The van der Waals surface area contributed by atoms with Gasteiger partial charge in [0, 0.05) is 25.0 Å². The molecule has 0 aliphatic carbocycles. The molecule has 2 aromatic rings.